The Morgan fingerprint density at radius 2 is 1.87 bits per heavy atom. The van der Waals surface area contributed by atoms with Crippen LogP contribution < -0.4 is 9.83 Å². The zero-order chi connectivity index (χ0) is 17.0. The highest BCUT2D eigenvalue weighted by Gasteiger charge is 2.22. The molecular formula is C15H12ClFNO4S-. The molecule has 1 atom stereocenters. The quantitative estimate of drug-likeness (QED) is 0.840. The standard InChI is InChI=1S/C15H13ClFNO4S/c16-12-9-11(6-7-13(12)17)23(21,22)18-14(15(19)20)8-10-4-2-1-3-5-10/h1-7,9,14,18H,8H2,(H,19,20)/p-1/t14-/m0/s1. The summed E-state index contributed by atoms with van der Waals surface area (Å²) in [5, 5.41) is 10.8. The largest absolute Gasteiger partial charge is 0.548 e. The molecule has 0 bridgehead atoms. The summed E-state index contributed by atoms with van der Waals surface area (Å²) in [6.07, 6.45) is -0.0860. The Kier molecular flexibility index (Phi) is 5.35. The number of carbonyl (C=O) groups is 1. The number of benzene rings is 2. The summed E-state index contributed by atoms with van der Waals surface area (Å²) in [5.74, 6) is -2.34. The van der Waals surface area contributed by atoms with E-state index in [9.17, 15) is 22.7 Å². The van der Waals surface area contributed by atoms with Crippen molar-refractivity contribution in [1.82, 2.24) is 4.72 Å². The van der Waals surface area contributed by atoms with Gasteiger partial charge in [-0.1, -0.05) is 41.9 Å². The van der Waals surface area contributed by atoms with Crippen molar-refractivity contribution in [3.05, 3.63) is 64.9 Å². The smallest absolute Gasteiger partial charge is 0.241 e. The van der Waals surface area contributed by atoms with Gasteiger partial charge < -0.3 is 9.90 Å². The predicted octanol–water partition coefficient (Wildman–Crippen LogP) is 1.12. The molecular weight excluding hydrogens is 345 g/mol. The summed E-state index contributed by atoms with van der Waals surface area (Å²) in [6, 6.07) is 9.83. The van der Waals surface area contributed by atoms with Crippen molar-refractivity contribution < 1.29 is 22.7 Å². The topological polar surface area (TPSA) is 86.3 Å². The van der Waals surface area contributed by atoms with Gasteiger partial charge in [0.05, 0.1) is 21.9 Å². The first-order chi connectivity index (χ1) is 10.8. The molecule has 0 aliphatic heterocycles. The van der Waals surface area contributed by atoms with Crippen LogP contribution in [0.1, 0.15) is 5.56 Å². The molecule has 0 fully saturated rings. The van der Waals surface area contributed by atoms with Gasteiger partial charge in [0.1, 0.15) is 5.82 Å². The molecule has 122 valence electrons. The van der Waals surface area contributed by atoms with Gasteiger partial charge in [0.25, 0.3) is 0 Å². The number of halogens is 2. The highest BCUT2D eigenvalue weighted by Crippen LogP contribution is 2.19. The van der Waals surface area contributed by atoms with Gasteiger partial charge in [-0.2, -0.15) is 0 Å². The number of aliphatic carboxylic acids is 1. The Morgan fingerprint density at radius 3 is 2.43 bits per heavy atom. The summed E-state index contributed by atoms with van der Waals surface area (Å²) in [4.78, 5) is 10.9. The minimum absolute atomic E-state index is 0.0860. The number of hydrogen-bond acceptors (Lipinski definition) is 4. The maximum absolute atomic E-state index is 13.1. The van der Waals surface area contributed by atoms with Crippen LogP contribution in [-0.2, 0) is 21.2 Å². The summed E-state index contributed by atoms with van der Waals surface area (Å²) < 4.78 is 39.6. The van der Waals surface area contributed by atoms with Crippen LogP contribution in [0.5, 0.6) is 0 Å². The zero-order valence-electron chi connectivity index (χ0n) is 11.7. The first-order valence-electron chi connectivity index (χ1n) is 6.52. The highest BCUT2D eigenvalue weighted by molar-refractivity contribution is 7.89. The average molecular weight is 357 g/mol. The lowest BCUT2D eigenvalue weighted by Gasteiger charge is -2.20. The third kappa shape index (κ3) is 4.51. The van der Waals surface area contributed by atoms with Crippen molar-refractivity contribution in [1.29, 1.82) is 0 Å². The summed E-state index contributed by atoms with van der Waals surface area (Å²) in [5.41, 5.74) is 0.626. The number of carboxylic acids is 1. The Labute approximate surface area is 137 Å². The van der Waals surface area contributed by atoms with E-state index >= 15 is 0 Å². The lowest BCUT2D eigenvalue weighted by atomic mass is 10.1. The molecule has 23 heavy (non-hydrogen) atoms. The maximum Gasteiger partial charge on any atom is 0.241 e. The van der Waals surface area contributed by atoms with Crippen LogP contribution >= 0.6 is 11.6 Å². The van der Waals surface area contributed by atoms with Crippen molar-refractivity contribution in [2.75, 3.05) is 0 Å². The Bertz CT molecular complexity index is 811. The molecule has 8 heteroatoms. The third-order valence-corrected chi connectivity index (χ3v) is 4.82. The van der Waals surface area contributed by atoms with Crippen molar-refractivity contribution in [2.24, 2.45) is 0 Å². The Morgan fingerprint density at radius 1 is 1.22 bits per heavy atom. The fourth-order valence-electron chi connectivity index (χ4n) is 1.92. The summed E-state index contributed by atoms with van der Waals surface area (Å²) >= 11 is 5.55. The molecule has 1 N–H and O–H groups in total. The number of carboxylic acid groups (broad SMARTS) is 1. The molecule has 2 aromatic rings. The van der Waals surface area contributed by atoms with E-state index in [4.69, 9.17) is 11.6 Å². The van der Waals surface area contributed by atoms with E-state index in [1.54, 1.807) is 30.3 Å². The molecule has 0 aliphatic carbocycles. The average Bonchev–Trinajstić information content (AvgIpc) is 2.50. The second-order valence-electron chi connectivity index (χ2n) is 4.76. The fraction of sp³-hybridized carbons (Fsp3) is 0.133. The number of rotatable bonds is 6. The van der Waals surface area contributed by atoms with E-state index in [0.29, 0.717) is 5.56 Å². The van der Waals surface area contributed by atoms with E-state index in [1.165, 1.54) is 0 Å². The van der Waals surface area contributed by atoms with Gasteiger partial charge in [0.15, 0.2) is 0 Å². The van der Waals surface area contributed by atoms with Crippen molar-refractivity contribution in [3.63, 3.8) is 0 Å². The lowest BCUT2D eigenvalue weighted by Crippen LogP contribution is -2.49. The predicted molar refractivity (Wildman–Crippen MR) is 80.7 cm³/mol. The monoisotopic (exact) mass is 356 g/mol. The molecule has 2 aromatic carbocycles. The van der Waals surface area contributed by atoms with Gasteiger partial charge in [-0.3, -0.25) is 0 Å². The first kappa shape index (κ1) is 17.4. The second kappa shape index (κ2) is 7.08. The van der Waals surface area contributed by atoms with E-state index in [1.807, 2.05) is 4.72 Å². The van der Waals surface area contributed by atoms with Crippen LogP contribution in [-0.4, -0.2) is 20.4 Å². The summed E-state index contributed by atoms with van der Waals surface area (Å²) in [7, 11) is -4.19. The van der Waals surface area contributed by atoms with Crippen molar-refractivity contribution in [2.45, 2.75) is 17.4 Å². The summed E-state index contributed by atoms with van der Waals surface area (Å²) in [6.45, 7) is 0. The third-order valence-electron chi connectivity index (χ3n) is 3.07. The van der Waals surface area contributed by atoms with Crippen LogP contribution in [0.25, 0.3) is 0 Å². The SMILES string of the molecule is O=C([O-])[C@H](Cc1ccccc1)NS(=O)(=O)c1ccc(F)c(Cl)c1. The van der Waals surface area contributed by atoms with Gasteiger partial charge in [0.2, 0.25) is 10.0 Å². The normalized spacial score (nSPS) is 12.8. The van der Waals surface area contributed by atoms with Gasteiger partial charge in [-0.25, -0.2) is 17.5 Å². The molecule has 0 saturated carbocycles. The Balaban J connectivity index is 2.24. The van der Waals surface area contributed by atoms with Crippen LogP contribution in [0.3, 0.4) is 0 Å². The van der Waals surface area contributed by atoms with Crippen LogP contribution in [0.15, 0.2) is 53.4 Å². The molecule has 0 amide bonds. The molecule has 5 nitrogen and oxygen atoms in total. The molecule has 0 heterocycles. The second-order valence-corrected chi connectivity index (χ2v) is 6.88. The molecule has 0 spiro atoms. The van der Waals surface area contributed by atoms with Gasteiger partial charge in [0, 0.05) is 0 Å². The maximum atomic E-state index is 13.1. The number of sulfonamides is 1. The van der Waals surface area contributed by atoms with Crippen molar-refractivity contribution in [3.8, 4) is 0 Å². The van der Waals surface area contributed by atoms with E-state index < -0.39 is 27.9 Å². The fourth-order valence-corrected chi connectivity index (χ4v) is 3.38. The van der Waals surface area contributed by atoms with Crippen LogP contribution in [0, 0.1) is 5.82 Å². The van der Waals surface area contributed by atoms with Crippen LogP contribution in [0.4, 0.5) is 4.39 Å². The van der Waals surface area contributed by atoms with E-state index in [0.717, 1.165) is 18.2 Å². The van der Waals surface area contributed by atoms with Crippen LogP contribution in [0.2, 0.25) is 5.02 Å². The molecule has 0 saturated heterocycles. The molecule has 0 aromatic heterocycles. The minimum atomic E-state index is -4.19. The van der Waals surface area contributed by atoms with E-state index in [2.05, 4.69) is 0 Å². The van der Waals surface area contributed by atoms with Gasteiger partial charge in [-0.05, 0) is 30.2 Å². The van der Waals surface area contributed by atoms with Crippen molar-refractivity contribution >= 4 is 27.6 Å². The number of nitrogens with one attached hydrogen (secondary N) is 1. The minimum Gasteiger partial charge on any atom is -0.548 e. The number of hydrogen-bond donors (Lipinski definition) is 1. The lowest BCUT2D eigenvalue weighted by molar-refractivity contribution is -0.307. The van der Waals surface area contributed by atoms with Gasteiger partial charge in [-0.15, -0.1) is 0 Å². The first-order valence-corrected chi connectivity index (χ1v) is 8.38. The highest BCUT2D eigenvalue weighted by atomic mass is 35.5. The van der Waals surface area contributed by atoms with E-state index in [-0.39, 0.29) is 16.3 Å². The molecule has 0 radical (unpaired) electrons. The molecule has 0 unspecified atom stereocenters. The zero-order valence-corrected chi connectivity index (χ0v) is 13.3. The Hall–Kier alpha value is -1.96. The van der Waals surface area contributed by atoms with Gasteiger partial charge >= 0.3 is 0 Å². The molecule has 2 rings (SSSR count). The number of carbonyl (C=O) groups excluding carboxylic acids is 1. The molecule has 0 aliphatic rings.